The molecule has 8 heteroatoms. The van der Waals surface area contributed by atoms with Crippen LogP contribution in [0.25, 0.3) is 0 Å². The first kappa shape index (κ1) is 20.1. The van der Waals surface area contributed by atoms with Gasteiger partial charge in [-0.3, -0.25) is 4.79 Å². The summed E-state index contributed by atoms with van der Waals surface area (Å²) in [7, 11) is 0. The number of carbonyl (C=O) groups is 2. The highest BCUT2D eigenvalue weighted by molar-refractivity contribution is 6.35. The van der Waals surface area contributed by atoms with Gasteiger partial charge in [-0.1, -0.05) is 23.2 Å². The predicted molar refractivity (Wildman–Crippen MR) is 106 cm³/mol. The van der Waals surface area contributed by atoms with Gasteiger partial charge in [0.15, 0.2) is 6.10 Å². The first-order valence-electron chi connectivity index (χ1n) is 9.40. The van der Waals surface area contributed by atoms with Crippen LogP contribution >= 0.6 is 23.2 Å². The molecule has 2 heterocycles. The number of rotatable bonds is 3. The molecule has 0 aliphatic carbocycles. The van der Waals surface area contributed by atoms with Crippen LogP contribution in [-0.2, 0) is 4.79 Å². The number of likely N-dealkylation sites (tertiary alicyclic amines) is 1. The Hall–Kier alpha value is -1.66. The van der Waals surface area contributed by atoms with Crippen molar-refractivity contribution >= 4 is 35.1 Å². The average molecular weight is 414 g/mol. The van der Waals surface area contributed by atoms with Crippen LogP contribution in [0.5, 0.6) is 5.75 Å². The van der Waals surface area contributed by atoms with Crippen molar-refractivity contribution in [2.24, 2.45) is 0 Å². The lowest BCUT2D eigenvalue weighted by Crippen LogP contribution is -2.56. The van der Waals surface area contributed by atoms with Crippen molar-refractivity contribution in [2.45, 2.75) is 32.3 Å². The normalized spacial score (nSPS) is 19.0. The average Bonchev–Trinajstić information content (AvgIpc) is 2.69. The van der Waals surface area contributed by atoms with Gasteiger partial charge < -0.3 is 19.4 Å². The number of urea groups is 1. The number of ether oxygens (including phenoxy) is 1. The van der Waals surface area contributed by atoms with E-state index in [-0.39, 0.29) is 11.9 Å². The van der Waals surface area contributed by atoms with Crippen molar-refractivity contribution in [3.63, 3.8) is 0 Å². The molecule has 1 aromatic carbocycles. The monoisotopic (exact) mass is 413 g/mol. The van der Waals surface area contributed by atoms with E-state index in [2.05, 4.69) is 0 Å². The minimum absolute atomic E-state index is 0.0963. The van der Waals surface area contributed by atoms with E-state index >= 15 is 0 Å². The Labute approximate surface area is 169 Å². The van der Waals surface area contributed by atoms with Crippen LogP contribution in [0.3, 0.4) is 0 Å². The smallest absolute Gasteiger partial charge is 0.320 e. The fraction of sp³-hybridized carbons (Fsp3) is 0.579. The van der Waals surface area contributed by atoms with Crippen molar-refractivity contribution in [1.82, 2.24) is 14.7 Å². The van der Waals surface area contributed by atoms with Crippen molar-refractivity contribution < 1.29 is 14.3 Å². The Morgan fingerprint density at radius 3 is 2.15 bits per heavy atom. The fourth-order valence-electron chi connectivity index (χ4n) is 3.47. The number of benzene rings is 1. The maximum absolute atomic E-state index is 12.7. The van der Waals surface area contributed by atoms with E-state index in [1.165, 1.54) is 6.42 Å². The molecule has 1 aromatic rings. The zero-order valence-electron chi connectivity index (χ0n) is 15.5. The van der Waals surface area contributed by atoms with Crippen molar-refractivity contribution in [2.75, 3.05) is 39.3 Å². The predicted octanol–water partition coefficient (Wildman–Crippen LogP) is 3.51. The molecule has 3 amide bonds. The third-order valence-corrected chi connectivity index (χ3v) is 5.56. The third kappa shape index (κ3) is 4.99. The Morgan fingerprint density at radius 1 is 0.926 bits per heavy atom. The third-order valence-electron chi connectivity index (χ3n) is 5.03. The lowest BCUT2D eigenvalue weighted by Gasteiger charge is -2.39. The lowest BCUT2D eigenvalue weighted by molar-refractivity contribution is -0.139. The highest BCUT2D eigenvalue weighted by Gasteiger charge is 2.30. The maximum Gasteiger partial charge on any atom is 0.320 e. The van der Waals surface area contributed by atoms with Gasteiger partial charge in [-0.25, -0.2) is 4.79 Å². The molecule has 0 bridgehead atoms. The molecule has 2 saturated heterocycles. The topological polar surface area (TPSA) is 53.1 Å². The van der Waals surface area contributed by atoms with Gasteiger partial charge in [-0.2, -0.15) is 0 Å². The second kappa shape index (κ2) is 9.02. The Morgan fingerprint density at radius 2 is 1.52 bits per heavy atom. The molecule has 2 aliphatic rings. The van der Waals surface area contributed by atoms with Gasteiger partial charge in [0, 0.05) is 44.3 Å². The number of piperazine rings is 1. The highest BCUT2D eigenvalue weighted by atomic mass is 35.5. The standard InChI is InChI=1S/C19H25Cl2N3O3/c1-14(27-17-6-5-15(20)13-16(17)21)18(25)22-9-11-24(12-10-22)19(26)23-7-3-2-4-8-23/h5-6,13-14H,2-4,7-12H2,1H3. The van der Waals surface area contributed by atoms with Crippen LogP contribution in [0.2, 0.25) is 10.0 Å². The van der Waals surface area contributed by atoms with Crippen molar-refractivity contribution in [3.8, 4) is 5.75 Å². The molecule has 1 unspecified atom stereocenters. The van der Waals surface area contributed by atoms with Crippen LogP contribution < -0.4 is 4.74 Å². The molecule has 6 nitrogen and oxygen atoms in total. The van der Waals surface area contributed by atoms with Gasteiger partial charge in [0.2, 0.25) is 0 Å². The molecular weight excluding hydrogens is 389 g/mol. The van der Waals surface area contributed by atoms with E-state index < -0.39 is 6.10 Å². The first-order chi connectivity index (χ1) is 13.0. The Bertz CT molecular complexity index is 687. The number of piperidine rings is 1. The van der Waals surface area contributed by atoms with E-state index in [1.807, 2.05) is 9.80 Å². The lowest BCUT2D eigenvalue weighted by atomic mass is 10.1. The first-order valence-corrected chi connectivity index (χ1v) is 10.2. The maximum atomic E-state index is 12.7. The molecule has 0 spiro atoms. The van der Waals surface area contributed by atoms with Crippen LogP contribution in [0, 0.1) is 0 Å². The number of nitrogens with zero attached hydrogens (tertiary/aromatic N) is 3. The van der Waals surface area contributed by atoms with Crippen LogP contribution in [0.1, 0.15) is 26.2 Å². The van der Waals surface area contributed by atoms with E-state index in [4.69, 9.17) is 27.9 Å². The minimum atomic E-state index is -0.659. The molecular formula is C19H25Cl2N3O3. The Kier molecular flexibility index (Phi) is 6.71. The van der Waals surface area contributed by atoms with E-state index in [0.717, 1.165) is 25.9 Å². The summed E-state index contributed by atoms with van der Waals surface area (Å²) in [6, 6.07) is 5.01. The zero-order chi connectivity index (χ0) is 19.4. The Balaban J connectivity index is 1.50. The molecule has 27 heavy (non-hydrogen) atoms. The molecule has 2 aliphatic heterocycles. The number of halogens is 2. The zero-order valence-corrected chi connectivity index (χ0v) is 17.0. The summed E-state index contributed by atoms with van der Waals surface area (Å²) in [6.07, 6.45) is 2.69. The summed E-state index contributed by atoms with van der Waals surface area (Å²) in [6.45, 7) is 5.51. The van der Waals surface area contributed by atoms with Crippen molar-refractivity contribution in [3.05, 3.63) is 28.2 Å². The second-order valence-corrected chi connectivity index (χ2v) is 7.82. The number of amides is 3. The molecule has 0 aromatic heterocycles. The summed E-state index contributed by atoms with van der Waals surface area (Å²) in [4.78, 5) is 30.8. The number of hydrogen-bond donors (Lipinski definition) is 0. The number of hydrogen-bond acceptors (Lipinski definition) is 3. The van der Waals surface area contributed by atoms with Gasteiger partial charge in [-0.05, 0) is 44.4 Å². The molecule has 3 rings (SSSR count). The van der Waals surface area contributed by atoms with Crippen LogP contribution in [-0.4, -0.2) is 72.0 Å². The second-order valence-electron chi connectivity index (χ2n) is 6.98. The molecule has 2 fully saturated rings. The highest BCUT2D eigenvalue weighted by Crippen LogP contribution is 2.28. The summed E-state index contributed by atoms with van der Waals surface area (Å²) < 4.78 is 5.71. The molecule has 0 saturated carbocycles. The van der Waals surface area contributed by atoms with Crippen LogP contribution in [0.15, 0.2) is 18.2 Å². The van der Waals surface area contributed by atoms with E-state index in [0.29, 0.717) is 42.0 Å². The van der Waals surface area contributed by atoms with E-state index in [1.54, 1.807) is 30.0 Å². The summed E-state index contributed by atoms with van der Waals surface area (Å²) in [5, 5.41) is 0.889. The molecule has 0 radical (unpaired) electrons. The summed E-state index contributed by atoms with van der Waals surface area (Å²) in [5.74, 6) is 0.326. The summed E-state index contributed by atoms with van der Waals surface area (Å²) >= 11 is 12.0. The van der Waals surface area contributed by atoms with Gasteiger partial charge in [0.1, 0.15) is 5.75 Å². The van der Waals surface area contributed by atoms with Gasteiger partial charge >= 0.3 is 6.03 Å². The molecule has 0 N–H and O–H groups in total. The fourth-order valence-corrected chi connectivity index (χ4v) is 3.93. The summed E-state index contributed by atoms with van der Waals surface area (Å²) in [5.41, 5.74) is 0. The molecule has 1 atom stereocenters. The van der Waals surface area contributed by atoms with Crippen molar-refractivity contribution in [1.29, 1.82) is 0 Å². The molecule has 148 valence electrons. The van der Waals surface area contributed by atoms with Crippen LogP contribution in [0.4, 0.5) is 4.79 Å². The van der Waals surface area contributed by atoms with Gasteiger partial charge in [0.05, 0.1) is 5.02 Å². The van der Waals surface area contributed by atoms with Gasteiger partial charge in [-0.15, -0.1) is 0 Å². The van der Waals surface area contributed by atoms with E-state index in [9.17, 15) is 9.59 Å². The quantitative estimate of drug-likeness (QED) is 0.761. The van der Waals surface area contributed by atoms with Gasteiger partial charge in [0.25, 0.3) is 5.91 Å². The minimum Gasteiger partial charge on any atom is -0.479 e. The largest absolute Gasteiger partial charge is 0.479 e. The SMILES string of the molecule is CC(Oc1ccc(Cl)cc1Cl)C(=O)N1CCN(C(=O)N2CCCCC2)CC1. The number of carbonyl (C=O) groups excluding carboxylic acids is 2.